The molecule has 6 rings (SSSR count). The van der Waals surface area contributed by atoms with E-state index in [0.29, 0.717) is 19.6 Å². The third-order valence-electron chi connectivity index (χ3n) is 6.61. The Morgan fingerprint density at radius 2 is 1.88 bits per heavy atom. The van der Waals surface area contributed by atoms with E-state index in [1.165, 1.54) is 12.1 Å². The maximum Gasteiger partial charge on any atom is 0.161 e. The van der Waals surface area contributed by atoms with Crippen LogP contribution in [0, 0.1) is 11.7 Å². The highest BCUT2D eigenvalue weighted by Crippen LogP contribution is 2.36. The summed E-state index contributed by atoms with van der Waals surface area (Å²) in [5.74, 6) is 0.493. The summed E-state index contributed by atoms with van der Waals surface area (Å²) in [5.41, 5.74) is 6.23. The number of fused-ring (bicyclic) bond motifs is 5. The average Bonchev–Trinajstić information content (AvgIpc) is 3.51. The molecule has 2 aliphatic heterocycles. The van der Waals surface area contributed by atoms with Gasteiger partial charge in [-0.3, -0.25) is 4.57 Å². The molecule has 1 saturated heterocycles. The molecule has 0 saturated carbocycles. The molecule has 0 bridgehead atoms. The fraction of sp³-hybridized carbons (Fsp3) is 0.240. The molecule has 7 heteroatoms. The number of imidazole rings is 1. The summed E-state index contributed by atoms with van der Waals surface area (Å²) >= 11 is 0. The Morgan fingerprint density at radius 1 is 1.03 bits per heavy atom. The smallest absolute Gasteiger partial charge is 0.161 e. The fourth-order valence-electron chi connectivity index (χ4n) is 4.87. The Kier molecular flexibility index (Phi) is 4.41. The molecule has 2 N–H and O–H groups in total. The first-order valence-corrected chi connectivity index (χ1v) is 10.8. The van der Waals surface area contributed by atoms with E-state index in [9.17, 15) is 14.6 Å². The molecule has 4 heterocycles. The van der Waals surface area contributed by atoms with Crippen LogP contribution in [0.15, 0.2) is 67.1 Å². The molecule has 0 amide bonds. The summed E-state index contributed by atoms with van der Waals surface area (Å²) in [6, 6.07) is 15.0. The standard InChI is InChI=1S/C25H23FN4O2/c26-20-3-1-16(2-4-20)17-10-23-25-27-7-8-30(25)22-6-5-21(9-18(22)12-29(23)11-17)28-13-19(15-31)24(32)14-28/h1-11,19,24,31-32H,12-15H2/t19-,24+/m0/s1. The molecule has 4 aromatic rings. The molecule has 0 unspecified atom stereocenters. The van der Waals surface area contributed by atoms with E-state index >= 15 is 0 Å². The minimum absolute atomic E-state index is 0.0140. The second kappa shape index (κ2) is 7.32. The summed E-state index contributed by atoms with van der Waals surface area (Å²) < 4.78 is 17.7. The number of rotatable bonds is 3. The zero-order chi connectivity index (χ0) is 21.8. The maximum atomic E-state index is 13.4. The molecule has 2 aromatic carbocycles. The number of halogens is 1. The van der Waals surface area contributed by atoms with Gasteiger partial charge in [0.15, 0.2) is 5.82 Å². The number of hydrogen-bond donors (Lipinski definition) is 2. The van der Waals surface area contributed by atoms with Crippen molar-refractivity contribution in [2.75, 3.05) is 24.6 Å². The summed E-state index contributed by atoms with van der Waals surface area (Å²) in [6.45, 7) is 1.81. The molecule has 6 nitrogen and oxygen atoms in total. The van der Waals surface area contributed by atoms with Gasteiger partial charge >= 0.3 is 0 Å². The van der Waals surface area contributed by atoms with Gasteiger partial charge in [0, 0.05) is 55.4 Å². The van der Waals surface area contributed by atoms with Crippen LogP contribution in [0.25, 0.3) is 28.3 Å². The van der Waals surface area contributed by atoms with Crippen LogP contribution in [0.2, 0.25) is 0 Å². The first-order valence-electron chi connectivity index (χ1n) is 10.8. The van der Waals surface area contributed by atoms with Gasteiger partial charge in [-0.15, -0.1) is 0 Å². The van der Waals surface area contributed by atoms with E-state index in [-0.39, 0.29) is 18.3 Å². The molecule has 0 radical (unpaired) electrons. The summed E-state index contributed by atoms with van der Waals surface area (Å²) in [6.07, 6.45) is 5.34. The lowest BCUT2D eigenvalue weighted by Gasteiger charge is -2.20. The fourth-order valence-corrected chi connectivity index (χ4v) is 4.87. The van der Waals surface area contributed by atoms with Crippen LogP contribution in [0.4, 0.5) is 10.1 Å². The molecule has 1 fully saturated rings. The van der Waals surface area contributed by atoms with Crippen molar-refractivity contribution in [3.05, 3.63) is 78.5 Å². The van der Waals surface area contributed by atoms with Crippen LogP contribution in [0.3, 0.4) is 0 Å². The van der Waals surface area contributed by atoms with Gasteiger partial charge in [0.1, 0.15) is 5.82 Å². The van der Waals surface area contributed by atoms with Gasteiger partial charge in [0.05, 0.1) is 24.1 Å². The van der Waals surface area contributed by atoms with Gasteiger partial charge in [-0.1, -0.05) is 12.1 Å². The SMILES string of the molecule is OC[C@@H]1CN(c2ccc3c(c2)Cn2cc(-c4ccc(F)cc4)cc2-c2nccn2-3)C[C@H]1O. The van der Waals surface area contributed by atoms with Gasteiger partial charge in [0.2, 0.25) is 0 Å². The van der Waals surface area contributed by atoms with Crippen molar-refractivity contribution in [1.29, 1.82) is 0 Å². The highest BCUT2D eigenvalue weighted by Gasteiger charge is 2.31. The number of benzene rings is 2. The van der Waals surface area contributed by atoms with Crippen molar-refractivity contribution in [1.82, 2.24) is 14.1 Å². The first-order chi connectivity index (χ1) is 15.6. The van der Waals surface area contributed by atoms with Crippen molar-refractivity contribution in [3.8, 4) is 28.3 Å². The Morgan fingerprint density at radius 3 is 2.66 bits per heavy atom. The van der Waals surface area contributed by atoms with Crippen LogP contribution < -0.4 is 4.90 Å². The number of β-amino-alcohol motifs (C(OH)–C–C–N with tert-alkyl or cyclic N) is 1. The van der Waals surface area contributed by atoms with E-state index < -0.39 is 6.10 Å². The Hall–Kier alpha value is -3.42. The molecule has 2 atom stereocenters. The molecular formula is C25H23FN4O2. The van der Waals surface area contributed by atoms with Gasteiger partial charge in [-0.25, -0.2) is 9.37 Å². The number of hydrogen-bond acceptors (Lipinski definition) is 4. The predicted molar refractivity (Wildman–Crippen MR) is 120 cm³/mol. The van der Waals surface area contributed by atoms with E-state index in [1.807, 2.05) is 6.20 Å². The number of aliphatic hydroxyl groups excluding tert-OH is 2. The third kappa shape index (κ3) is 3.04. The second-order valence-electron chi connectivity index (χ2n) is 8.60. The quantitative estimate of drug-likeness (QED) is 0.461. The third-order valence-corrected chi connectivity index (χ3v) is 6.61. The van der Waals surface area contributed by atoms with E-state index in [1.54, 1.807) is 18.3 Å². The first kappa shape index (κ1) is 19.3. The zero-order valence-corrected chi connectivity index (χ0v) is 17.4. The molecular weight excluding hydrogens is 407 g/mol. The van der Waals surface area contributed by atoms with Gasteiger partial charge in [-0.05, 0) is 47.5 Å². The minimum Gasteiger partial charge on any atom is -0.396 e. The lowest BCUT2D eigenvalue weighted by Crippen LogP contribution is -2.21. The lowest BCUT2D eigenvalue weighted by molar-refractivity contribution is 0.104. The van der Waals surface area contributed by atoms with Gasteiger partial charge in [-0.2, -0.15) is 0 Å². The molecule has 162 valence electrons. The van der Waals surface area contributed by atoms with Crippen molar-refractivity contribution < 1.29 is 14.6 Å². The molecule has 2 aliphatic rings. The molecule has 2 aromatic heterocycles. The number of nitrogens with zero attached hydrogens (tertiary/aromatic N) is 4. The van der Waals surface area contributed by atoms with Crippen LogP contribution in [0.5, 0.6) is 0 Å². The zero-order valence-electron chi connectivity index (χ0n) is 17.4. The van der Waals surface area contributed by atoms with Crippen molar-refractivity contribution in [2.24, 2.45) is 5.92 Å². The predicted octanol–water partition coefficient (Wildman–Crippen LogP) is 3.30. The molecule has 32 heavy (non-hydrogen) atoms. The highest BCUT2D eigenvalue weighted by atomic mass is 19.1. The van der Waals surface area contributed by atoms with Crippen LogP contribution in [0.1, 0.15) is 5.56 Å². The van der Waals surface area contributed by atoms with Crippen LogP contribution in [-0.2, 0) is 6.54 Å². The monoisotopic (exact) mass is 430 g/mol. The van der Waals surface area contributed by atoms with Gasteiger partial charge < -0.3 is 19.7 Å². The van der Waals surface area contributed by atoms with Crippen molar-refractivity contribution >= 4 is 5.69 Å². The van der Waals surface area contributed by atoms with Crippen molar-refractivity contribution in [2.45, 2.75) is 12.6 Å². The average molecular weight is 430 g/mol. The summed E-state index contributed by atoms with van der Waals surface area (Å²) in [4.78, 5) is 6.75. The summed E-state index contributed by atoms with van der Waals surface area (Å²) in [7, 11) is 0. The Balaban J connectivity index is 1.42. The normalized spacial score (nSPS) is 19.4. The topological polar surface area (TPSA) is 66.5 Å². The lowest BCUT2D eigenvalue weighted by atomic mass is 10.1. The number of anilines is 1. The van der Waals surface area contributed by atoms with E-state index in [0.717, 1.165) is 39.6 Å². The van der Waals surface area contributed by atoms with Crippen LogP contribution >= 0.6 is 0 Å². The van der Waals surface area contributed by atoms with Gasteiger partial charge in [0.25, 0.3) is 0 Å². The minimum atomic E-state index is -0.520. The Bertz CT molecular complexity index is 1290. The second-order valence-corrected chi connectivity index (χ2v) is 8.60. The van der Waals surface area contributed by atoms with Crippen molar-refractivity contribution in [3.63, 3.8) is 0 Å². The number of aliphatic hydroxyl groups is 2. The maximum absolute atomic E-state index is 13.4. The molecule has 0 spiro atoms. The van der Waals surface area contributed by atoms with Crippen LogP contribution in [-0.4, -0.2) is 50.1 Å². The Labute approximate surface area is 184 Å². The number of aromatic nitrogens is 3. The van der Waals surface area contributed by atoms with E-state index in [2.05, 4.69) is 49.5 Å². The largest absolute Gasteiger partial charge is 0.396 e. The summed E-state index contributed by atoms with van der Waals surface area (Å²) in [5, 5.41) is 19.7. The highest BCUT2D eigenvalue weighted by molar-refractivity contribution is 5.72. The van der Waals surface area contributed by atoms with E-state index in [4.69, 9.17) is 0 Å². The molecule has 0 aliphatic carbocycles.